The first-order valence-electron chi connectivity index (χ1n) is 13.4. The average molecular weight is 565 g/mol. The van der Waals surface area contributed by atoms with Gasteiger partial charge in [0, 0.05) is 45.6 Å². The van der Waals surface area contributed by atoms with Gasteiger partial charge in [0.25, 0.3) is 5.91 Å². The van der Waals surface area contributed by atoms with E-state index in [-0.39, 0.29) is 18.1 Å². The van der Waals surface area contributed by atoms with Crippen molar-refractivity contribution >= 4 is 35.0 Å². The van der Waals surface area contributed by atoms with Crippen LogP contribution < -0.4 is 9.80 Å². The number of fused-ring (bicyclic) bond motifs is 1. The van der Waals surface area contributed by atoms with E-state index in [4.69, 9.17) is 21.1 Å². The zero-order valence-corrected chi connectivity index (χ0v) is 24.5. The van der Waals surface area contributed by atoms with Gasteiger partial charge in [0.1, 0.15) is 10.8 Å². The molecule has 1 aliphatic heterocycles. The number of pyridine rings is 1. The fourth-order valence-corrected chi connectivity index (χ4v) is 4.68. The number of amides is 2. The van der Waals surface area contributed by atoms with Crippen molar-refractivity contribution in [3.8, 4) is 0 Å². The van der Waals surface area contributed by atoms with E-state index >= 15 is 0 Å². The lowest BCUT2D eigenvalue weighted by atomic mass is 10.1. The van der Waals surface area contributed by atoms with E-state index in [0.717, 1.165) is 22.5 Å². The normalized spacial score (nSPS) is 14.4. The molecular weight excluding hydrogens is 528 g/mol. The van der Waals surface area contributed by atoms with Gasteiger partial charge in [-0.25, -0.2) is 9.78 Å². The maximum atomic E-state index is 13.5. The van der Waals surface area contributed by atoms with Crippen molar-refractivity contribution in [2.24, 2.45) is 0 Å². The van der Waals surface area contributed by atoms with Crippen LogP contribution in [0.2, 0.25) is 5.15 Å². The molecule has 2 amide bonds. The molecule has 9 heteroatoms. The number of carbonyl (C=O) groups excluding carboxylic acids is 2. The standard InChI is InChI=1S/C31H37ClN4O4/c1-31(2,3)40-30(38)35(5)15-14-27(23-11-7-6-8-12-23)39-21-22-10-9-13-24(18-22)36-17-16-34(4)26-19-28(32)33-20-25(26)29(36)37/h6-13,18-20,27H,14-17,21H2,1-5H3. The number of aromatic nitrogens is 1. The van der Waals surface area contributed by atoms with Gasteiger partial charge in [0.05, 0.1) is 24.0 Å². The predicted molar refractivity (Wildman–Crippen MR) is 158 cm³/mol. The zero-order chi connectivity index (χ0) is 28.9. The second-order valence-electron chi connectivity index (χ2n) is 11.0. The average Bonchev–Trinajstić information content (AvgIpc) is 3.04. The molecule has 1 unspecified atom stereocenters. The molecule has 4 rings (SSSR count). The minimum absolute atomic E-state index is 0.117. The number of carbonyl (C=O) groups is 2. The highest BCUT2D eigenvalue weighted by molar-refractivity contribution is 6.30. The molecule has 40 heavy (non-hydrogen) atoms. The summed E-state index contributed by atoms with van der Waals surface area (Å²) < 4.78 is 11.9. The van der Waals surface area contributed by atoms with E-state index < -0.39 is 5.60 Å². The lowest BCUT2D eigenvalue weighted by Gasteiger charge is -2.26. The first kappa shape index (κ1) is 29.4. The molecule has 1 atom stereocenters. The third-order valence-electron chi connectivity index (χ3n) is 6.67. The molecule has 0 bridgehead atoms. The summed E-state index contributed by atoms with van der Waals surface area (Å²) >= 11 is 6.10. The Morgan fingerprint density at radius 1 is 1.10 bits per heavy atom. The largest absolute Gasteiger partial charge is 0.444 e. The topological polar surface area (TPSA) is 75.2 Å². The van der Waals surface area contributed by atoms with Crippen LogP contribution in [0.1, 0.15) is 54.8 Å². The SMILES string of the molecule is CN(CCC(OCc1cccc(N2CCN(C)c3cc(Cl)ncc3C2=O)c1)c1ccccc1)C(=O)OC(C)(C)C. The van der Waals surface area contributed by atoms with Crippen molar-refractivity contribution in [3.63, 3.8) is 0 Å². The van der Waals surface area contributed by atoms with Crippen molar-refractivity contribution in [3.05, 3.63) is 88.7 Å². The predicted octanol–water partition coefficient (Wildman–Crippen LogP) is 6.35. The number of benzene rings is 2. The zero-order valence-electron chi connectivity index (χ0n) is 23.8. The molecule has 0 N–H and O–H groups in total. The summed E-state index contributed by atoms with van der Waals surface area (Å²) in [7, 11) is 3.68. The van der Waals surface area contributed by atoms with Crippen LogP contribution in [0, 0.1) is 0 Å². The molecular formula is C31H37ClN4O4. The molecule has 0 spiro atoms. The quantitative estimate of drug-likeness (QED) is 0.297. The summed E-state index contributed by atoms with van der Waals surface area (Å²) in [6.07, 6.45) is 1.55. The number of ether oxygens (including phenoxy) is 2. The van der Waals surface area contributed by atoms with Crippen LogP contribution >= 0.6 is 11.6 Å². The second-order valence-corrected chi connectivity index (χ2v) is 11.4. The molecule has 0 radical (unpaired) electrons. The van der Waals surface area contributed by atoms with Crippen LogP contribution in [0.15, 0.2) is 66.9 Å². The first-order chi connectivity index (χ1) is 19.0. The minimum Gasteiger partial charge on any atom is -0.444 e. The summed E-state index contributed by atoms with van der Waals surface area (Å²) in [6, 6.07) is 19.5. The van der Waals surface area contributed by atoms with Gasteiger partial charge in [0.2, 0.25) is 0 Å². The Balaban J connectivity index is 1.47. The maximum absolute atomic E-state index is 13.5. The number of hydrogen-bond acceptors (Lipinski definition) is 6. The monoisotopic (exact) mass is 564 g/mol. The molecule has 3 aromatic rings. The fourth-order valence-electron chi connectivity index (χ4n) is 4.53. The molecule has 0 fully saturated rings. The van der Waals surface area contributed by atoms with Crippen LogP contribution in [0.4, 0.5) is 16.2 Å². The first-order valence-corrected chi connectivity index (χ1v) is 13.8. The van der Waals surface area contributed by atoms with Gasteiger partial charge < -0.3 is 24.2 Å². The highest BCUT2D eigenvalue weighted by Crippen LogP contribution is 2.30. The van der Waals surface area contributed by atoms with Gasteiger partial charge in [-0.05, 0) is 56.5 Å². The Kier molecular flexibility index (Phi) is 9.32. The molecule has 212 valence electrons. The van der Waals surface area contributed by atoms with E-state index in [1.165, 1.54) is 0 Å². The van der Waals surface area contributed by atoms with E-state index in [2.05, 4.69) is 4.98 Å². The van der Waals surface area contributed by atoms with Crippen molar-refractivity contribution in [2.75, 3.05) is 43.5 Å². The smallest absolute Gasteiger partial charge is 0.410 e. The molecule has 0 aliphatic carbocycles. The lowest BCUT2D eigenvalue weighted by molar-refractivity contribution is 0.0137. The third-order valence-corrected chi connectivity index (χ3v) is 6.88. The van der Waals surface area contributed by atoms with Gasteiger partial charge in [-0.1, -0.05) is 54.1 Å². The summed E-state index contributed by atoms with van der Waals surface area (Å²) in [6.45, 7) is 7.56. The number of anilines is 2. The summed E-state index contributed by atoms with van der Waals surface area (Å²) in [5.74, 6) is -0.117. The molecule has 1 aromatic heterocycles. The number of nitrogens with zero attached hydrogens (tertiary/aromatic N) is 4. The van der Waals surface area contributed by atoms with E-state index in [9.17, 15) is 9.59 Å². The van der Waals surface area contributed by atoms with Crippen LogP contribution in [0.5, 0.6) is 0 Å². The summed E-state index contributed by atoms with van der Waals surface area (Å²) in [5.41, 5.74) is 3.51. The number of likely N-dealkylation sites (N-methyl/N-ethyl adjacent to an activating group) is 1. The van der Waals surface area contributed by atoms with Crippen LogP contribution in [0.3, 0.4) is 0 Å². The number of halogens is 1. The summed E-state index contributed by atoms with van der Waals surface area (Å²) in [5, 5.41) is 0.358. The molecule has 1 aliphatic rings. The Morgan fingerprint density at radius 3 is 2.58 bits per heavy atom. The van der Waals surface area contributed by atoms with Crippen LogP contribution in [0.25, 0.3) is 0 Å². The number of rotatable bonds is 8. The van der Waals surface area contributed by atoms with E-state index in [1.807, 2.05) is 87.3 Å². The lowest BCUT2D eigenvalue weighted by Crippen LogP contribution is -2.35. The molecule has 0 saturated heterocycles. The minimum atomic E-state index is -0.554. The van der Waals surface area contributed by atoms with Gasteiger partial charge >= 0.3 is 6.09 Å². The van der Waals surface area contributed by atoms with E-state index in [1.54, 1.807) is 29.1 Å². The summed E-state index contributed by atoms with van der Waals surface area (Å²) in [4.78, 5) is 35.5. The van der Waals surface area contributed by atoms with Crippen molar-refractivity contribution < 1.29 is 19.1 Å². The van der Waals surface area contributed by atoms with Gasteiger partial charge in [0.15, 0.2) is 0 Å². The highest BCUT2D eigenvalue weighted by Gasteiger charge is 2.27. The van der Waals surface area contributed by atoms with Crippen molar-refractivity contribution in [1.29, 1.82) is 0 Å². The molecule has 2 heterocycles. The van der Waals surface area contributed by atoms with Gasteiger partial charge in [-0.15, -0.1) is 0 Å². The van der Waals surface area contributed by atoms with Crippen molar-refractivity contribution in [2.45, 2.75) is 45.5 Å². The molecule has 0 saturated carbocycles. The van der Waals surface area contributed by atoms with Gasteiger partial charge in [-0.2, -0.15) is 0 Å². The van der Waals surface area contributed by atoms with Crippen LogP contribution in [-0.4, -0.2) is 61.2 Å². The Labute approximate surface area is 241 Å². The molecule has 2 aromatic carbocycles. The number of hydrogen-bond donors (Lipinski definition) is 0. The van der Waals surface area contributed by atoms with Crippen LogP contribution in [-0.2, 0) is 16.1 Å². The maximum Gasteiger partial charge on any atom is 0.410 e. The Hall–Kier alpha value is -3.62. The van der Waals surface area contributed by atoms with E-state index in [0.29, 0.717) is 43.4 Å². The fraction of sp³-hybridized carbons (Fsp3) is 0.387. The Morgan fingerprint density at radius 2 is 1.85 bits per heavy atom. The third kappa shape index (κ3) is 7.52. The van der Waals surface area contributed by atoms with Crippen molar-refractivity contribution in [1.82, 2.24) is 9.88 Å². The second kappa shape index (κ2) is 12.7. The van der Waals surface area contributed by atoms with Gasteiger partial charge in [-0.3, -0.25) is 4.79 Å². The highest BCUT2D eigenvalue weighted by atomic mass is 35.5. The molecule has 8 nitrogen and oxygen atoms in total. The Bertz CT molecular complexity index is 1330.